The fourth-order valence-electron chi connectivity index (χ4n) is 4.29. The Labute approximate surface area is 182 Å². The Morgan fingerprint density at radius 3 is 2.48 bits per heavy atom. The highest BCUT2D eigenvalue weighted by Gasteiger charge is 2.25. The molecule has 1 heterocycles. The number of nitrogens with zero attached hydrogens (tertiary/aromatic N) is 1. The largest absolute Gasteiger partial charge is 0.399 e. The first-order valence-electron chi connectivity index (χ1n) is 11.0. The van der Waals surface area contributed by atoms with Crippen molar-refractivity contribution in [2.24, 2.45) is 10.9 Å². The lowest BCUT2D eigenvalue weighted by Crippen LogP contribution is -2.51. The van der Waals surface area contributed by atoms with Crippen LogP contribution in [0.2, 0.25) is 0 Å². The number of benzene rings is 2. The maximum absolute atomic E-state index is 13.1. The Morgan fingerprint density at radius 1 is 1.06 bits per heavy atom. The second-order valence-corrected chi connectivity index (χ2v) is 8.43. The highest BCUT2D eigenvalue weighted by Crippen LogP contribution is 2.29. The van der Waals surface area contributed by atoms with Crippen LogP contribution in [0.5, 0.6) is 0 Å². The molecule has 31 heavy (non-hydrogen) atoms. The van der Waals surface area contributed by atoms with E-state index < -0.39 is 0 Å². The van der Waals surface area contributed by atoms with Gasteiger partial charge in [-0.15, -0.1) is 0 Å². The molecule has 1 saturated carbocycles. The predicted octanol–water partition coefficient (Wildman–Crippen LogP) is 4.41. The van der Waals surface area contributed by atoms with Crippen LogP contribution in [0.3, 0.4) is 0 Å². The smallest absolute Gasteiger partial charge is 0.226 e. The molecule has 4 rings (SSSR count). The van der Waals surface area contributed by atoms with Gasteiger partial charge in [0.2, 0.25) is 5.91 Å². The van der Waals surface area contributed by atoms with Crippen molar-refractivity contribution in [1.29, 1.82) is 0 Å². The SMILES string of the molecule is Nc1ccc(C2=CNC(NC(=O)Cc3ccc(F)cc3)C(CC3CCCCC3)=N2)cc1. The van der Waals surface area contributed by atoms with Gasteiger partial charge in [-0.3, -0.25) is 9.79 Å². The average molecular weight is 421 g/mol. The maximum Gasteiger partial charge on any atom is 0.226 e. The van der Waals surface area contributed by atoms with Gasteiger partial charge in [-0.05, 0) is 42.2 Å². The van der Waals surface area contributed by atoms with Crippen LogP contribution in [0.25, 0.3) is 5.70 Å². The highest BCUT2D eigenvalue weighted by molar-refractivity contribution is 5.98. The number of hydrogen-bond acceptors (Lipinski definition) is 4. The van der Waals surface area contributed by atoms with Gasteiger partial charge in [-0.1, -0.05) is 56.4 Å². The molecule has 0 radical (unpaired) electrons. The Hall–Kier alpha value is -3.15. The van der Waals surface area contributed by atoms with Gasteiger partial charge in [-0.2, -0.15) is 0 Å². The molecule has 1 aliphatic carbocycles. The van der Waals surface area contributed by atoms with E-state index in [1.807, 2.05) is 30.5 Å². The van der Waals surface area contributed by atoms with E-state index in [1.54, 1.807) is 12.1 Å². The molecule has 0 spiro atoms. The minimum absolute atomic E-state index is 0.121. The van der Waals surface area contributed by atoms with Gasteiger partial charge in [0.05, 0.1) is 17.8 Å². The van der Waals surface area contributed by atoms with Crippen LogP contribution >= 0.6 is 0 Å². The summed E-state index contributed by atoms with van der Waals surface area (Å²) in [6, 6.07) is 13.7. The summed E-state index contributed by atoms with van der Waals surface area (Å²) in [6.07, 6.45) is 8.79. The second-order valence-electron chi connectivity index (χ2n) is 8.43. The van der Waals surface area contributed by atoms with Crippen molar-refractivity contribution < 1.29 is 9.18 Å². The summed E-state index contributed by atoms with van der Waals surface area (Å²) in [7, 11) is 0. The second kappa shape index (κ2) is 9.77. The molecule has 0 aromatic heterocycles. The number of aliphatic imine (C=N–C) groups is 1. The van der Waals surface area contributed by atoms with Crippen LogP contribution in [-0.4, -0.2) is 17.8 Å². The maximum atomic E-state index is 13.1. The van der Waals surface area contributed by atoms with Gasteiger partial charge in [0.15, 0.2) is 0 Å². The normalized spacial score (nSPS) is 19.2. The molecule has 0 bridgehead atoms. The zero-order valence-electron chi connectivity index (χ0n) is 17.6. The summed E-state index contributed by atoms with van der Waals surface area (Å²) in [4.78, 5) is 17.6. The molecule has 1 aliphatic heterocycles. The molecule has 2 aromatic carbocycles. The quantitative estimate of drug-likeness (QED) is 0.606. The number of hydrogen-bond donors (Lipinski definition) is 3. The van der Waals surface area contributed by atoms with E-state index in [-0.39, 0.29) is 24.3 Å². The Kier molecular flexibility index (Phi) is 6.65. The third kappa shape index (κ3) is 5.72. The standard InChI is InChI=1S/C25H29FN4O/c26-20-10-6-18(7-11-20)15-24(31)30-25-22(14-17-4-2-1-3-5-17)29-23(16-28-25)19-8-12-21(27)13-9-19/h6-13,16-17,25,28H,1-5,14-15,27H2,(H,30,31). The van der Waals surface area contributed by atoms with Crippen LogP contribution in [0.1, 0.15) is 49.7 Å². The van der Waals surface area contributed by atoms with Crippen molar-refractivity contribution in [3.63, 3.8) is 0 Å². The Bertz CT molecular complexity index is 960. The fourth-order valence-corrected chi connectivity index (χ4v) is 4.29. The molecule has 5 nitrogen and oxygen atoms in total. The summed E-state index contributed by atoms with van der Waals surface area (Å²) >= 11 is 0. The Balaban J connectivity index is 1.48. The van der Waals surface area contributed by atoms with Crippen molar-refractivity contribution >= 4 is 23.0 Å². The number of amides is 1. The van der Waals surface area contributed by atoms with E-state index in [9.17, 15) is 9.18 Å². The molecule has 4 N–H and O–H groups in total. The third-order valence-electron chi connectivity index (χ3n) is 6.00. The molecule has 2 aliphatic rings. The number of nitrogens with one attached hydrogen (secondary N) is 2. The van der Waals surface area contributed by atoms with Crippen LogP contribution in [0.4, 0.5) is 10.1 Å². The van der Waals surface area contributed by atoms with Gasteiger partial charge >= 0.3 is 0 Å². The van der Waals surface area contributed by atoms with E-state index in [1.165, 1.54) is 44.2 Å². The lowest BCUT2D eigenvalue weighted by atomic mass is 9.85. The lowest BCUT2D eigenvalue weighted by molar-refractivity contribution is -0.120. The molecular weight excluding hydrogens is 391 g/mol. The van der Waals surface area contributed by atoms with Crippen molar-refractivity contribution in [3.05, 3.63) is 71.7 Å². The summed E-state index contributed by atoms with van der Waals surface area (Å²) in [5.74, 6) is 0.168. The topological polar surface area (TPSA) is 79.5 Å². The first kappa shape index (κ1) is 21.1. The molecule has 2 aromatic rings. The zero-order chi connectivity index (χ0) is 21.6. The van der Waals surface area contributed by atoms with Crippen molar-refractivity contribution in [2.75, 3.05) is 5.73 Å². The van der Waals surface area contributed by atoms with Gasteiger partial charge in [0, 0.05) is 17.5 Å². The number of halogens is 1. The molecule has 1 unspecified atom stereocenters. The predicted molar refractivity (Wildman–Crippen MR) is 123 cm³/mol. The molecule has 1 atom stereocenters. The van der Waals surface area contributed by atoms with Crippen molar-refractivity contribution in [2.45, 2.75) is 51.1 Å². The first-order valence-corrected chi connectivity index (χ1v) is 11.0. The number of nitrogens with two attached hydrogens (primary N) is 1. The van der Waals surface area contributed by atoms with Crippen molar-refractivity contribution in [1.82, 2.24) is 10.6 Å². The lowest BCUT2D eigenvalue weighted by Gasteiger charge is -2.29. The van der Waals surface area contributed by atoms with E-state index in [0.29, 0.717) is 11.6 Å². The van der Waals surface area contributed by atoms with E-state index >= 15 is 0 Å². The Morgan fingerprint density at radius 2 is 1.77 bits per heavy atom. The summed E-state index contributed by atoms with van der Waals surface area (Å²) in [6.45, 7) is 0. The van der Waals surface area contributed by atoms with Gasteiger partial charge in [0.25, 0.3) is 0 Å². The van der Waals surface area contributed by atoms with Gasteiger partial charge < -0.3 is 16.4 Å². The zero-order valence-corrected chi connectivity index (χ0v) is 17.6. The van der Waals surface area contributed by atoms with Crippen LogP contribution in [0, 0.1) is 11.7 Å². The van der Waals surface area contributed by atoms with E-state index in [4.69, 9.17) is 10.7 Å². The fraction of sp³-hybridized carbons (Fsp3) is 0.360. The average Bonchev–Trinajstić information content (AvgIpc) is 2.78. The number of nitrogen functional groups attached to an aromatic ring is 1. The minimum Gasteiger partial charge on any atom is -0.399 e. The number of anilines is 1. The molecule has 6 heteroatoms. The number of carbonyl (C=O) groups is 1. The molecule has 1 fully saturated rings. The third-order valence-corrected chi connectivity index (χ3v) is 6.00. The van der Waals surface area contributed by atoms with Crippen LogP contribution < -0.4 is 16.4 Å². The monoisotopic (exact) mass is 420 g/mol. The van der Waals surface area contributed by atoms with Crippen molar-refractivity contribution in [3.8, 4) is 0 Å². The van der Waals surface area contributed by atoms with Gasteiger partial charge in [0.1, 0.15) is 12.0 Å². The number of carbonyl (C=O) groups excluding carboxylic acids is 1. The van der Waals surface area contributed by atoms with E-state index in [0.717, 1.165) is 29.0 Å². The molecule has 162 valence electrons. The van der Waals surface area contributed by atoms with Gasteiger partial charge in [-0.25, -0.2) is 4.39 Å². The van der Waals surface area contributed by atoms with Crippen LogP contribution in [-0.2, 0) is 11.2 Å². The summed E-state index contributed by atoms with van der Waals surface area (Å²) in [5.41, 5.74) is 10.1. The molecule has 0 saturated heterocycles. The molecular formula is C25H29FN4O. The summed E-state index contributed by atoms with van der Waals surface area (Å²) in [5, 5.41) is 6.40. The number of rotatable bonds is 6. The minimum atomic E-state index is -0.340. The van der Waals surface area contributed by atoms with E-state index in [2.05, 4.69) is 10.6 Å². The van der Waals surface area contributed by atoms with Crippen LogP contribution in [0.15, 0.2) is 59.7 Å². The molecule has 1 amide bonds. The highest BCUT2D eigenvalue weighted by atomic mass is 19.1. The first-order chi connectivity index (χ1) is 15.1. The summed E-state index contributed by atoms with van der Waals surface area (Å²) < 4.78 is 13.1.